The minimum Gasteiger partial charge on any atom is -0.411 e. The molecule has 212 valence electrons. The lowest BCUT2D eigenvalue weighted by Gasteiger charge is -2.28. The summed E-state index contributed by atoms with van der Waals surface area (Å²) >= 11 is 0. The molecule has 1 heterocycles. The minimum atomic E-state index is -4.09. The van der Waals surface area contributed by atoms with E-state index >= 15 is 0 Å². The number of aromatic nitrogens is 1. The Morgan fingerprint density at radius 2 is 1.75 bits per heavy atom. The molecule has 9 heteroatoms. The smallest absolute Gasteiger partial charge is 0.266 e. The van der Waals surface area contributed by atoms with E-state index in [4.69, 9.17) is 4.55 Å². The standard InChI is InChI=1S/C31H37N3O5S/c1-21-5-3-4-6-28(21)29(20-30(34-36)27-15-16-32-22(2)19-27)25-11-7-23(8-12-25)24-9-13-26(14-10-24)31(35)33-17-18-40(37,38)39/h3-8,11-12,15-16,19,24,26,29,36H,9-10,13-14,17-18,20H2,1-2H3,(H,33,35)(H,37,38,39)/b34-30-/t24?,26?,29-/m1/s1. The SMILES string of the molecule is Cc1cc(/C(C[C@H](c2ccc(C3CCC(C(=O)NCCS(=O)(=O)O)CC3)cc2)c2ccccc2C)=N\O)ccn1. The third-order valence-electron chi connectivity index (χ3n) is 7.88. The molecule has 1 atom stereocenters. The van der Waals surface area contributed by atoms with Crippen LogP contribution in [0.1, 0.15) is 77.5 Å². The summed E-state index contributed by atoms with van der Waals surface area (Å²) in [6.07, 6.45) is 5.47. The predicted molar refractivity (Wildman–Crippen MR) is 156 cm³/mol. The van der Waals surface area contributed by atoms with Gasteiger partial charge in [-0.15, -0.1) is 0 Å². The van der Waals surface area contributed by atoms with Gasteiger partial charge in [-0.3, -0.25) is 14.3 Å². The van der Waals surface area contributed by atoms with Crippen LogP contribution in [0, 0.1) is 19.8 Å². The molecule has 1 aliphatic rings. The van der Waals surface area contributed by atoms with E-state index in [1.807, 2.05) is 31.2 Å². The van der Waals surface area contributed by atoms with Gasteiger partial charge in [0, 0.05) is 42.3 Å². The minimum absolute atomic E-state index is 0.00297. The number of carbonyl (C=O) groups excluding carboxylic acids is 1. The van der Waals surface area contributed by atoms with Crippen molar-refractivity contribution in [2.75, 3.05) is 12.3 Å². The topological polar surface area (TPSA) is 129 Å². The Morgan fingerprint density at radius 1 is 1.05 bits per heavy atom. The number of nitrogens with one attached hydrogen (secondary N) is 1. The van der Waals surface area contributed by atoms with Crippen molar-refractivity contribution >= 4 is 21.7 Å². The van der Waals surface area contributed by atoms with Crippen molar-refractivity contribution in [3.63, 3.8) is 0 Å². The first-order chi connectivity index (χ1) is 19.1. The predicted octanol–water partition coefficient (Wildman–Crippen LogP) is 5.38. The lowest BCUT2D eigenvalue weighted by atomic mass is 9.77. The fourth-order valence-electron chi connectivity index (χ4n) is 5.66. The van der Waals surface area contributed by atoms with Gasteiger partial charge in [0.2, 0.25) is 5.91 Å². The molecule has 8 nitrogen and oxygen atoms in total. The molecular weight excluding hydrogens is 526 g/mol. The summed E-state index contributed by atoms with van der Waals surface area (Å²) in [7, 11) is -4.09. The number of benzene rings is 2. The zero-order chi connectivity index (χ0) is 28.7. The van der Waals surface area contributed by atoms with Gasteiger partial charge in [-0.25, -0.2) is 0 Å². The summed E-state index contributed by atoms with van der Waals surface area (Å²) in [6.45, 7) is 3.94. The maximum atomic E-state index is 12.4. The fourth-order valence-corrected chi connectivity index (χ4v) is 6.02. The van der Waals surface area contributed by atoms with E-state index < -0.39 is 15.9 Å². The summed E-state index contributed by atoms with van der Waals surface area (Å²) in [5.74, 6) is -0.420. The van der Waals surface area contributed by atoms with Crippen LogP contribution in [-0.4, -0.2) is 47.1 Å². The van der Waals surface area contributed by atoms with Gasteiger partial charge in [0.25, 0.3) is 10.1 Å². The van der Waals surface area contributed by atoms with Gasteiger partial charge in [0.05, 0.1) is 11.5 Å². The second-order valence-corrected chi connectivity index (χ2v) is 12.2. The first kappa shape index (κ1) is 29.4. The fraction of sp³-hybridized carbons (Fsp3) is 0.387. The molecule has 2 aromatic carbocycles. The van der Waals surface area contributed by atoms with Gasteiger partial charge in [0.15, 0.2) is 0 Å². The molecule has 0 saturated heterocycles. The number of oxime groups is 1. The van der Waals surface area contributed by atoms with E-state index in [2.05, 4.69) is 58.8 Å². The van der Waals surface area contributed by atoms with Crippen LogP contribution in [0.25, 0.3) is 0 Å². The van der Waals surface area contributed by atoms with E-state index in [0.29, 0.717) is 18.1 Å². The zero-order valence-electron chi connectivity index (χ0n) is 23.0. The molecule has 0 aliphatic heterocycles. The molecule has 3 aromatic rings. The molecule has 0 radical (unpaired) electrons. The van der Waals surface area contributed by atoms with E-state index in [1.54, 1.807) is 6.20 Å². The van der Waals surface area contributed by atoms with Crippen LogP contribution in [0.3, 0.4) is 0 Å². The number of carbonyl (C=O) groups is 1. The van der Waals surface area contributed by atoms with Gasteiger partial charge >= 0.3 is 0 Å². The van der Waals surface area contributed by atoms with E-state index in [1.165, 1.54) is 16.7 Å². The van der Waals surface area contributed by atoms with Crippen molar-refractivity contribution in [1.82, 2.24) is 10.3 Å². The number of pyridine rings is 1. The second-order valence-electron chi connectivity index (χ2n) is 10.6. The third kappa shape index (κ3) is 7.76. The van der Waals surface area contributed by atoms with E-state index in [9.17, 15) is 18.4 Å². The monoisotopic (exact) mass is 563 g/mol. The Hall–Kier alpha value is -3.56. The first-order valence-electron chi connectivity index (χ1n) is 13.7. The van der Waals surface area contributed by atoms with Crippen molar-refractivity contribution in [1.29, 1.82) is 0 Å². The molecule has 40 heavy (non-hydrogen) atoms. The van der Waals surface area contributed by atoms with Gasteiger partial charge in [0.1, 0.15) is 0 Å². The molecule has 0 spiro atoms. The lowest BCUT2D eigenvalue weighted by Crippen LogP contribution is -2.35. The quantitative estimate of drug-likeness (QED) is 0.132. The highest BCUT2D eigenvalue weighted by Crippen LogP contribution is 2.38. The number of nitrogens with zero attached hydrogens (tertiary/aromatic N) is 2. The number of aryl methyl sites for hydroxylation is 2. The Labute approximate surface area is 236 Å². The van der Waals surface area contributed by atoms with Crippen molar-refractivity contribution in [3.05, 3.63) is 100 Å². The summed E-state index contributed by atoms with van der Waals surface area (Å²) in [5, 5.41) is 16.2. The zero-order valence-corrected chi connectivity index (χ0v) is 23.8. The van der Waals surface area contributed by atoms with Crippen LogP contribution in [-0.2, 0) is 14.9 Å². The number of rotatable bonds is 10. The molecular formula is C31H37N3O5S. The first-order valence-corrected chi connectivity index (χ1v) is 15.3. The average Bonchev–Trinajstić information content (AvgIpc) is 2.94. The van der Waals surface area contributed by atoms with Crippen LogP contribution in [0.5, 0.6) is 0 Å². The summed E-state index contributed by atoms with van der Waals surface area (Å²) in [6, 6.07) is 20.7. The van der Waals surface area contributed by atoms with Gasteiger partial charge in [-0.2, -0.15) is 8.42 Å². The molecule has 4 rings (SSSR count). The summed E-state index contributed by atoms with van der Waals surface area (Å²) in [4.78, 5) is 16.7. The third-order valence-corrected chi connectivity index (χ3v) is 8.60. The molecule has 1 saturated carbocycles. The van der Waals surface area contributed by atoms with Crippen molar-refractivity contribution in [2.24, 2.45) is 11.1 Å². The molecule has 1 fully saturated rings. The van der Waals surface area contributed by atoms with Gasteiger partial charge in [-0.05, 0) is 79.8 Å². The summed E-state index contributed by atoms with van der Waals surface area (Å²) < 4.78 is 30.6. The Morgan fingerprint density at radius 3 is 2.38 bits per heavy atom. The van der Waals surface area contributed by atoms with Crippen LogP contribution in [0.4, 0.5) is 0 Å². The van der Waals surface area contributed by atoms with Crippen molar-refractivity contribution in [3.8, 4) is 0 Å². The Balaban J connectivity index is 1.47. The van der Waals surface area contributed by atoms with Gasteiger partial charge in [-0.1, -0.05) is 53.7 Å². The van der Waals surface area contributed by atoms with E-state index in [0.717, 1.165) is 42.5 Å². The van der Waals surface area contributed by atoms with E-state index in [-0.39, 0.29) is 24.3 Å². The van der Waals surface area contributed by atoms with Crippen LogP contribution in [0.2, 0.25) is 0 Å². The maximum absolute atomic E-state index is 12.4. The van der Waals surface area contributed by atoms with Crippen molar-refractivity contribution < 1.29 is 23.0 Å². The average molecular weight is 564 g/mol. The highest BCUT2D eigenvalue weighted by molar-refractivity contribution is 7.85. The number of amides is 1. The van der Waals surface area contributed by atoms with Crippen LogP contribution < -0.4 is 5.32 Å². The van der Waals surface area contributed by atoms with Crippen molar-refractivity contribution in [2.45, 2.75) is 57.8 Å². The van der Waals surface area contributed by atoms with Gasteiger partial charge < -0.3 is 10.5 Å². The molecule has 0 unspecified atom stereocenters. The second kappa shape index (κ2) is 13.2. The lowest BCUT2D eigenvalue weighted by molar-refractivity contribution is -0.125. The molecule has 3 N–H and O–H groups in total. The highest BCUT2D eigenvalue weighted by Gasteiger charge is 2.28. The van der Waals surface area contributed by atoms with Crippen LogP contribution >= 0.6 is 0 Å². The molecule has 1 aromatic heterocycles. The highest BCUT2D eigenvalue weighted by atomic mass is 32.2. The van der Waals surface area contributed by atoms with Crippen LogP contribution in [0.15, 0.2) is 72.0 Å². The normalized spacial score (nSPS) is 18.7. The maximum Gasteiger partial charge on any atom is 0.266 e. The summed E-state index contributed by atoms with van der Waals surface area (Å²) in [5.41, 5.74) is 7.05. The molecule has 1 aliphatic carbocycles. The Bertz CT molecular complexity index is 1450. The number of hydrogen-bond acceptors (Lipinski definition) is 6. The number of hydrogen-bond donors (Lipinski definition) is 3. The molecule has 1 amide bonds. The Kier molecular flexibility index (Phi) is 9.71. The largest absolute Gasteiger partial charge is 0.411 e. The molecule has 0 bridgehead atoms.